The Hall–Kier alpha value is -2.12. The Kier molecular flexibility index (Phi) is 6.72. The molecule has 0 aromatic heterocycles. The summed E-state index contributed by atoms with van der Waals surface area (Å²) in [6, 6.07) is 19.5. The van der Waals surface area contributed by atoms with Gasteiger partial charge in [-0.2, -0.15) is 0 Å². The molecule has 0 fully saturated rings. The lowest BCUT2D eigenvalue weighted by atomic mass is 9.98. The lowest BCUT2D eigenvalue weighted by Gasteiger charge is -2.19. The van der Waals surface area contributed by atoms with Crippen molar-refractivity contribution in [3.8, 4) is 0 Å². The van der Waals surface area contributed by atoms with Gasteiger partial charge in [-0.1, -0.05) is 48.5 Å². The number of sulfonamides is 1. The molecule has 0 saturated heterocycles. The lowest BCUT2D eigenvalue weighted by molar-refractivity contribution is 0.171. The lowest BCUT2D eigenvalue weighted by Crippen LogP contribution is -2.30. The van der Waals surface area contributed by atoms with E-state index in [9.17, 15) is 13.5 Å². The van der Waals surface area contributed by atoms with Crippen molar-refractivity contribution in [1.82, 2.24) is 5.32 Å². The fraction of sp³-hybridized carbons (Fsp3) is 0.304. The van der Waals surface area contributed by atoms with Crippen LogP contribution in [-0.4, -0.2) is 33.2 Å². The topological polar surface area (TPSA) is 69.6 Å². The second-order valence-electron chi connectivity index (χ2n) is 7.67. The van der Waals surface area contributed by atoms with Crippen LogP contribution in [0.2, 0.25) is 0 Å². The van der Waals surface area contributed by atoms with Crippen molar-refractivity contribution in [2.75, 3.05) is 17.9 Å². The second kappa shape index (κ2) is 8.94. The molecule has 2 atom stereocenters. The van der Waals surface area contributed by atoms with Gasteiger partial charge in [-0.3, -0.25) is 4.31 Å². The number of aliphatic hydroxyl groups excluding tert-OH is 1. The molecule has 5 nitrogen and oxygen atoms in total. The third kappa shape index (κ3) is 4.05. The molecule has 4 rings (SSSR count). The summed E-state index contributed by atoms with van der Waals surface area (Å²) in [7, 11) is -1.94. The second-order valence-corrected chi connectivity index (χ2v) is 9.61. The van der Waals surface area contributed by atoms with Crippen LogP contribution in [0.25, 0.3) is 10.8 Å². The average Bonchev–Trinajstić information content (AvgIpc) is 2.94. The van der Waals surface area contributed by atoms with Crippen molar-refractivity contribution in [2.24, 2.45) is 0 Å². The predicted molar refractivity (Wildman–Crippen MR) is 124 cm³/mol. The zero-order valence-electron chi connectivity index (χ0n) is 17.1. The van der Waals surface area contributed by atoms with Gasteiger partial charge in [-0.25, -0.2) is 8.42 Å². The van der Waals surface area contributed by atoms with Gasteiger partial charge in [0, 0.05) is 25.0 Å². The van der Waals surface area contributed by atoms with Crippen molar-refractivity contribution in [3.05, 3.63) is 71.8 Å². The van der Waals surface area contributed by atoms with Crippen LogP contribution in [0.15, 0.2) is 65.6 Å². The molecule has 1 aliphatic heterocycles. The molecule has 0 aliphatic carbocycles. The van der Waals surface area contributed by atoms with Crippen LogP contribution >= 0.6 is 12.4 Å². The molecule has 3 aromatic rings. The number of halogens is 1. The number of aryl methyl sites for hydroxylation is 1. The van der Waals surface area contributed by atoms with Gasteiger partial charge in [0.05, 0.1) is 16.7 Å². The minimum Gasteiger partial charge on any atom is -0.387 e. The Morgan fingerprint density at radius 2 is 1.77 bits per heavy atom. The van der Waals surface area contributed by atoms with Crippen molar-refractivity contribution >= 4 is 38.9 Å². The summed E-state index contributed by atoms with van der Waals surface area (Å²) >= 11 is 0. The highest BCUT2D eigenvalue weighted by Crippen LogP contribution is 2.43. The standard InChI is InChI=1S/C23H26N2O3S.ClH/c1-16(11-12-17-7-4-3-5-8-17)24-15-21(26)18-13-14-20-23-19(18)9-6-10-22(23)29(27,28)25(20)2;/h3-10,13-14,16,21,24,26H,11-12,15H2,1-2H3;1H. The normalized spacial score (nSPS) is 16.3. The van der Waals surface area contributed by atoms with Gasteiger partial charge in [0.1, 0.15) is 0 Å². The van der Waals surface area contributed by atoms with Crippen molar-refractivity contribution in [3.63, 3.8) is 0 Å². The first kappa shape index (κ1) is 22.6. The number of aliphatic hydroxyl groups is 1. The molecule has 0 amide bonds. The van der Waals surface area contributed by atoms with Gasteiger partial charge >= 0.3 is 0 Å². The summed E-state index contributed by atoms with van der Waals surface area (Å²) in [6.45, 7) is 2.53. The summed E-state index contributed by atoms with van der Waals surface area (Å²) in [4.78, 5) is 0.311. The molecule has 2 N–H and O–H groups in total. The third-order valence-corrected chi connectivity index (χ3v) is 7.53. The first-order chi connectivity index (χ1) is 13.9. The minimum absolute atomic E-state index is 0. The summed E-state index contributed by atoms with van der Waals surface area (Å²) in [6.07, 6.45) is 1.24. The van der Waals surface area contributed by atoms with Gasteiger partial charge in [-0.15, -0.1) is 12.4 Å². The molecule has 0 bridgehead atoms. The molecule has 0 radical (unpaired) electrons. The molecule has 3 aromatic carbocycles. The molecular weight excluding hydrogens is 420 g/mol. The Labute approximate surface area is 184 Å². The quantitative estimate of drug-likeness (QED) is 0.574. The van der Waals surface area contributed by atoms with Crippen molar-refractivity contribution in [2.45, 2.75) is 36.8 Å². The molecule has 7 heteroatoms. The van der Waals surface area contributed by atoms with E-state index in [0.717, 1.165) is 23.8 Å². The van der Waals surface area contributed by atoms with Gasteiger partial charge in [0.25, 0.3) is 10.0 Å². The van der Waals surface area contributed by atoms with Gasteiger partial charge in [0.2, 0.25) is 0 Å². The Morgan fingerprint density at radius 1 is 1.03 bits per heavy atom. The molecular formula is C23H27ClN2O3S. The molecule has 2 unspecified atom stereocenters. The van der Waals surface area contributed by atoms with Crippen LogP contribution in [0.5, 0.6) is 0 Å². The zero-order valence-corrected chi connectivity index (χ0v) is 18.7. The molecule has 160 valence electrons. The number of nitrogens with one attached hydrogen (secondary N) is 1. The van der Waals surface area contributed by atoms with E-state index in [4.69, 9.17) is 0 Å². The number of anilines is 1. The fourth-order valence-corrected chi connectivity index (χ4v) is 5.40. The van der Waals surface area contributed by atoms with E-state index in [1.54, 1.807) is 25.2 Å². The maximum atomic E-state index is 12.6. The monoisotopic (exact) mass is 446 g/mol. The number of hydrogen-bond donors (Lipinski definition) is 2. The Morgan fingerprint density at radius 3 is 2.50 bits per heavy atom. The predicted octanol–water partition coefficient (Wildman–Crippen LogP) is 4.04. The van der Waals surface area contributed by atoms with E-state index < -0.39 is 16.1 Å². The highest BCUT2D eigenvalue weighted by molar-refractivity contribution is 7.93. The first-order valence-corrected chi connectivity index (χ1v) is 11.3. The fourth-order valence-electron chi connectivity index (χ4n) is 3.98. The van der Waals surface area contributed by atoms with E-state index in [1.807, 2.05) is 30.3 Å². The number of nitrogens with zero attached hydrogens (tertiary/aromatic N) is 1. The molecule has 30 heavy (non-hydrogen) atoms. The molecule has 1 heterocycles. The van der Waals surface area contributed by atoms with E-state index in [0.29, 0.717) is 22.5 Å². The summed E-state index contributed by atoms with van der Waals surface area (Å²) in [5, 5.41) is 15.7. The molecule has 1 aliphatic rings. The van der Waals surface area contributed by atoms with Crippen LogP contribution in [-0.2, 0) is 16.4 Å². The van der Waals surface area contributed by atoms with Gasteiger partial charge in [0.15, 0.2) is 0 Å². The third-order valence-electron chi connectivity index (χ3n) is 5.72. The largest absolute Gasteiger partial charge is 0.387 e. The number of benzene rings is 3. The van der Waals surface area contributed by atoms with Gasteiger partial charge < -0.3 is 10.4 Å². The zero-order chi connectivity index (χ0) is 20.6. The van der Waals surface area contributed by atoms with Crippen LogP contribution in [0.4, 0.5) is 5.69 Å². The summed E-state index contributed by atoms with van der Waals surface area (Å²) in [5.74, 6) is 0. The van der Waals surface area contributed by atoms with Crippen LogP contribution in [0.3, 0.4) is 0 Å². The molecule has 0 spiro atoms. The highest BCUT2D eigenvalue weighted by Gasteiger charge is 2.33. The van der Waals surface area contributed by atoms with Crippen molar-refractivity contribution < 1.29 is 13.5 Å². The van der Waals surface area contributed by atoms with E-state index in [-0.39, 0.29) is 18.4 Å². The van der Waals surface area contributed by atoms with E-state index >= 15 is 0 Å². The van der Waals surface area contributed by atoms with Crippen LogP contribution in [0.1, 0.15) is 30.6 Å². The van der Waals surface area contributed by atoms with Crippen LogP contribution in [0, 0.1) is 0 Å². The minimum atomic E-state index is -3.50. The first-order valence-electron chi connectivity index (χ1n) is 9.89. The van der Waals surface area contributed by atoms with E-state index in [1.165, 1.54) is 9.87 Å². The molecule has 0 saturated carbocycles. The number of hydrogen-bond acceptors (Lipinski definition) is 4. The van der Waals surface area contributed by atoms with Crippen molar-refractivity contribution in [1.29, 1.82) is 0 Å². The Bertz CT molecular complexity index is 1140. The SMILES string of the molecule is CC(CCc1ccccc1)NCC(O)c1ccc2c3c(cccc13)S(=O)(=O)N2C.Cl. The maximum Gasteiger partial charge on any atom is 0.264 e. The van der Waals surface area contributed by atoms with Gasteiger partial charge in [-0.05, 0) is 48.4 Å². The summed E-state index contributed by atoms with van der Waals surface area (Å²) < 4.78 is 26.5. The average molecular weight is 447 g/mol. The smallest absolute Gasteiger partial charge is 0.264 e. The number of rotatable bonds is 7. The summed E-state index contributed by atoms with van der Waals surface area (Å²) in [5.41, 5.74) is 2.72. The van der Waals surface area contributed by atoms with Crippen LogP contribution < -0.4 is 9.62 Å². The van der Waals surface area contributed by atoms with E-state index in [2.05, 4.69) is 24.4 Å². The maximum absolute atomic E-state index is 12.6. The Balaban J connectivity index is 0.00000256. The highest BCUT2D eigenvalue weighted by atomic mass is 35.5.